The van der Waals surface area contributed by atoms with Gasteiger partial charge in [-0.1, -0.05) is 43.7 Å². The van der Waals surface area contributed by atoms with Gasteiger partial charge in [0.2, 0.25) is 10.0 Å². The first-order valence-electron chi connectivity index (χ1n) is 9.98. The van der Waals surface area contributed by atoms with Crippen molar-refractivity contribution in [3.05, 3.63) is 28.8 Å². The van der Waals surface area contributed by atoms with E-state index in [1.54, 1.807) is 11.0 Å². The van der Waals surface area contributed by atoms with Crippen LogP contribution in [0, 0.1) is 0 Å². The van der Waals surface area contributed by atoms with Gasteiger partial charge in [0, 0.05) is 31.7 Å². The molecular formula is C20H29ClN2O3S. The molecule has 1 heterocycles. The Kier molecular flexibility index (Phi) is 6.82. The summed E-state index contributed by atoms with van der Waals surface area (Å²) in [6.07, 6.45) is 9.32. The first-order chi connectivity index (χ1) is 12.9. The second-order valence-electron chi connectivity index (χ2n) is 7.67. The molecular weight excluding hydrogens is 384 g/mol. The fourth-order valence-corrected chi connectivity index (χ4v) is 6.11. The maximum absolute atomic E-state index is 13.1. The number of sulfonamides is 1. The van der Waals surface area contributed by atoms with Crippen molar-refractivity contribution in [2.45, 2.75) is 68.7 Å². The summed E-state index contributed by atoms with van der Waals surface area (Å²) in [7, 11) is -1.88. The van der Waals surface area contributed by atoms with Crippen LogP contribution in [0.4, 0.5) is 0 Å². The van der Waals surface area contributed by atoms with Gasteiger partial charge in [-0.3, -0.25) is 4.79 Å². The summed E-state index contributed by atoms with van der Waals surface area (Å²) < 4.78 is 27.8. The lowest BCUT2D eigenvalue weighted by Crippen LogP contribution is -2.38. The second kappa shape index (κ2) is 8.93. The maximum atomic E-state index is 13.1. The van der Waals surface area contributed by atoms with Crippen LogP contribution in [0.25, 0.3) is 0 Å². The minimum absolute atomic E-state index is 0.0500. The molecule has 0 bridgehead atoms. The van der Waals surface area contributed by atoms with Gasteiger partial charge in [0.05, 0.1) is 5.02 Å². The summed E-state index contributed by atoms with van der Waals surface area (Å²) in [5.41, 5.74) is 0.390. The Hall–Kier alpha value is -1.11. The van der Waals surface area contributed by atoms with Gasteiger partial charge in [0.1, 0.15) is 4.90 Å². The number of hydrogen-bond donors (Lipinski definition) is 0. The molecule has 150 valence electrons. The van der Waals surface area contributed by atoms with Gasteiger partial charge in [0.15, 0.2) is 0 Å². The van der Waals surface area contributed by atoms with E-state index in [1.165, 1.54) is 22.9 Å². The Labute approximate surface area is 167 Å². The molecule has 1 aromatic carbocycles. The normalized spacial score (nSPS) is 20.2. The van der Waals surface area contributed by atoms with E-state index in [9.17, 15) is 13.2 Å². The van der Waals surface area contributed by atoms with Gasteiger partial charge >= 0.3 is 0 Å². The molecule has 0 radical (unpaired) electrons. The summed E-state index contributed by atoms with van der Waals surface area (Å²) in [4.78, 5) is 14.8. The average molecular weight is 413 g/mol. The number of hydrogen-bond acceptors (Lipinski definition) is 3. The van der Waals surface area contributed by atoms with Crippen molar-refractivity contribution in [3.8, 4) is 0 Å². The topological polar surface area (TPSA) is 57.7 Å². The van der Waals surface area contributed by atoms with Crippen LogP contribution in [0.3, 0.4) is 0 Å². The Bertz CT molecular complexity index is 767. The number of carbonyl (C=O) groups excluding carboxylic acids is 1. The van der Waals surface area contributed by atoms with Crippen molar-refractivity contribution in [3.63, 3.8) is 0 Å². The van der Waals surface area contributed by atoms with Gasteiger partial charge < -0.3 is 4.90 Å². The molecule has 1 aliphatic carbocycles. The van der Waals surface area contributed by atoms with Crippen molar-refractivity contribution >= 4 is 27.5 Å². The molecule has 1 aliphatic heterocycles. The quantitative estimate of drug-likeness (QED) is 0.740. The largest absolute Gasteiger partial charge is 0.339 e. The zero-order valence-electron chi connectivity index (χ0n) is 16.0. The van der Waals surface area contributed by atoms with Crippen LogP contribution in [0.5, 0.6) is 0 Å². The molecule has 7 heteroatoms. The highest BCUT2D eigenvalue weighted by molar-refractivity contribution is 7.89. The fourth-order valence-electron chi connectivity index (χ4n) is 4.09. The molecule has 1 aromatic rings. The van der Waals surface area contributed by atoms with Crippen molar-refractivity contribution < 1.29 is 13.2 Å². The molecule has 1 amide bonds. The molecule has 1 saturated carbocycles. The van der Waals surface area contributed by atoms with E-state index in [1.807, 2.05) is 7.05 Å². The predicted molar refractivity (Wildman–Crippen MR) is 108 cm³/mol. The predicted octanol–water partition coefficient (Wildman–Crippen LogP) is 4.31. The van der Waals surface area contributed by atoms with Gasteiger partial charge in [-0.15, -0.1) is 0 Å². The molecule has 2 aliphatic rings. The van der Waals surface area contributed by atoms with Crippen molar-refractivity contribution in [2.75, 3.05) is 20.1 Å². The van der Waals surface area contributed by atoms with Crippen molar-refractivity contribution in [2.24, 2.45) is 0 Å². The van der Waals surface area contributed by atoms with E-state index in [2.05, 4.69) is 0 Å². The molecule has 2 fully saturated rings. The van der Waals surface area contributed by atoms with Crippen LogP contribution in [0.2, 0.25) is 5.02 Å². The van der Waals surface area contributed by atoms with Crippen LogP contribution in [0.1, 0.15) is 68.1 Å². The minimum Gasteiger partial charge on any atom is -0.339 e. The lowest BCUT2D eigenvalue weighted by molar-refractivity contribution is 0.0696. The van der Waals surface area contributed by atoms with E-state index < -0.39 is 10.0 Å². The standard InChI is InChI=1S/C20H29ClN2O3S/c1-22(17-9-5-4-6-10-17)20(24)16-11-12-18(21)19(15-16)27(25,26)23-13-7-2-3-8-14-23/h11-12,15,17H,2-10,13-14H2,1H3. The SMILES string of the molecule is CN(C(=O)c1ccc(Cl)c(S(=O)(=O)N2CCCCCC2)c1)C1CCCCC1. The number of amides is 1. The zero-order chi connectivity index (χ0) is 19.4. The molecule has 5 nitrogen and oxygen atoms in total. The van der Waals surface area contributed by atoms with Crippen molar-refractivity contribution in [1.29, 1.82) is 0 Å². The summed E-state index contributed by atoms with van der Waals surface area (Å²) in [6.45, 7) is 1.03. The van der Waals surface area contributed by atoms with Crippen LogP contribution < -0.4 is 0 Å². The molecule has 0 aromatic heterocycles. The molecule has 1 saturated heterocycles. The number of halogens is 1. The van der Waals surface area contributed by atoms with E-state index in [4.69, 9.17) is 11.6 Å². The third-order valence-corrected chi connectivity index (χ3v) is 8.18. The van der Waals surface area contributed by atoms with Crippen molar-refractivity contribution in [1.82, 2.24) is 9.21 Å². The highest BCUT2D eigenvalue weighted by atomic mass is 35.5. The first kappa shape index (κ1) is 20.6. The third-order valence-electron chi connectivity index (χ3n) is 5.80. The average Bonchev–Trinajstić information content (AvgIpc) is 2.98. The summed E-state index contributed by atoms with van der Waals surface area (Å²) >= 11 is 6.24. The molecule has 0 N–H and O–H groups in total. The van der Waals surface area contributed by atoms with E-state index in [0.717, 1.165) is 51.4 Å². The van der Waals surface area contributed by atoms with Gasteiger partial charge in [-0.2, -0.15) is 4.31 Å². The van der Waals surface area contributed by atoms with Crippen LogP contribution in [-0.2, 0) is 10.0 Å². The van der Waals surface area contributed by atoms with Gasteiger partial charge in [-0.05, 0) is 43.9 Å². The monoisotopic (exact) mass is 412 g/mol. The molecule has 3 rings (SSSR count). The minimum atomic E-state index is -3.69. The van der Waals surface area contributed by atoms with Crippen LogP contribution in [0.15, 0.2) is 23.1 Å². The Morgan fingerprint density at radius 3 is 2.26 bits per heavy atom. The Morgan fingerprint density at radius 1 is 1.04 bits per heavy atom. The number of carbonyl (C=O) groups is 1. The van der Waals surface area contributed by atoms with Crippen LogP contribution in [-0.4, -0.2) is 49.7 Å². The number of nitrogens with zero attached hydrogens (tertiary/aromatic N) is 2. The lowest BCUT2D eigenvalue weighted by atomic mass is 9.94. The molecule has 0 atom stereocenters. The highest BCUT2D eigenvalue weighted by Crippen LogP contribution is 2.29. The molecule has 0 spiro atoms. The zero-order valence-corrected chi connectivity index (χ0v) is 17.6. The highest BCUT2D eigenvalue weighted by Gasteiger charge is 2.29. The molecule has 27 heavy (non-hydrogen) atoms. The summed E-state index contributed by atoms with van der Waals surface area (Å²) in [5, 5.41) is 0.177. The maximum Gasteiger partial charge on any atom is 0.253 e. The molecule has 0 unspecified atom stereocenters. The van der Waals surface area contributed by atoms with Gasteiger partial charge in [0.25, 0.3) is 5.91 Å². The van der Waals surface area contributed by atoms with E-state index >= 15 is 0 Å². The first-order valence-corrected chi connectivity index (χ1v) is 11.8. The Balaban J connectivity index is 1.86. The lowest BCUT2D eigenvalue weighted by Gasteiger charge is -2.31. The summed E-state index contributed by atoms with van der Waals surface area (Å²) in [5.74, 6) is -0.133. The van der Waals surface area contributed by atoms with Gasteiger partial charge in [-0.25, -0.2) is 8.42 Å². The van der Waals surface area contributed by atoms with E-state index in [0.29, 0.717) is 18.7 Å². The number of benzene rings is 1. The van der Waals surface area contributed by atoms with Crippen LogP contribution >= 0.6 is 11.6 Å². The van der Waals surface area contributed by atoms with E-state index in [-0.39, 0.29) is 21.9 Å². The summed E-state index contributed by atoms with van der Waals surface area (Å²) in [6, 6.07) is 4.86. The number of rotatable bonds is 4. The second-order valence-corrected chi connectivity index (χ2v) is 9.98. The Morgan fingerprint density at radius 2 is 1.63 bits per heavy atom. The third kappa shape index (κ3) is 4.66. The fraction of sp³-hybridized carbons (Fsp3) is 0.650. The smallest absolute Gasteiger partial charge is 0.253 e.